The van der Waals surface area contributed by atoms with E-state index >= 15 is 0 Å². The van der Waals surface area contributed by atoms with Crippen LogP contribution in [0.15, 0.2) is 48.6 Å². The second-order valence-electron chi connectivity index (χ2n) is 13.5. The Morgan fingerprint density at radius 3 is 2.68 bits per heavy atom. The van der Waals surface area contributed by atoms with E-state index in [2.05, 4.69) is 17.0 Å². The summed E-state index contributed by atoms with van der Waals surface area (Å²) in [7, 11) is -3.62. The molecule has 2 aromatic rings. The van der Waals surface area contributed by atoms with Crippen molar-refractivity contribution in [2.45, 2.75) is 75.1 Å². The molecule has 0 bridgehead atoms. The van der Waals surface area contributed by atoms with Crippen LogP contribution < -0.4 is 14.8 Å². The quantitative estimate of drug-likeness (QED) is 0.290. The van der Waals surface area contributed by atoms with Gasteiger partial charge in [0, 0.05) is 23.5 Å². The van der Waals surface area contributed by atoms with Crippen molar-refractivity contribution < 1.29 is 28.2 Å². The maximum Gasteiger partial charge on any atom is 0.335 e. The molecule has 2 saturated carbocycles. The number of allylic oxidation sites excluding steroid dienone is 1. The molecule has 1 spiro atoms. The molecule has 10 heteroatoms. The van der Waals surface area contributed by atoms with Crippen molar-refractivity contribution in [3.8, 4) is 5.75 Å². The van der Waals surface area contributed by atoms with Crippen molar-refractivity contribution in [3.63, 3.8) is 0 Å². The van der Waals surface area contributed by atoms with Crippen LogP contribution in [0.4, 0.5) is 5.69 Å². The lowest BCUT2D eigenvalue weighted by Gasteiger charge is -2.45. The molecule has 6 atom stereocenters. The van der Waals surface area contributed by atoms with Crippen LogP contribution in [0, 0.1) is 23.7 Å². The molecule has 3 aliphatic carbocycles. The minimum atomic E-state index is -3.62. The van der Waals surface area contributed by atoms with Crippen molar-refractivity contribution >= 4 is 33.3 Å². The summed E-state index contributed by atoms with van der Waals surface area (Å²) in [6.45, 7) is 3.54. The molecular weight excluding hydrogens is 600 g/mol. The molecule has 2 aromatic carbocycles. The van der Waals surface area contributed by atoms with Gasteiger partial charge in [0.25, 0.3) is 0 Å². The molecule has 44 heavy (non-hydrogen) atoms. The molecule has 4 aliphatic rings. The maximum absolute atomic E-state index is 12.0. The van der Waals surface area contributed by atoms with E-state index in [-0.39, 0.29) is 28.7 Å². The number of sulfonamides is 1. The first-order valence-corrected chi connectivity index (χ1v) is 17.8. The number of halogens is 1. The standard InChI is InChI=1S/C34H43ClN2O6S/c1-21(44(36,41)42)27(22-7-8-22)5-2-6-31(38)28-12-9-25(28)18-37-19-34(15-3-4-23-16-26(35)11-13-29(23)34)20-43-32-14-10-24(33(39)40)17-30(32)37/h2,6,10-11,13-14,16-17,21-22,25,27-28,31,38H,3-5,7-9,12,15,18-20H2,1H3,(H,39,40)(H2,36,41,42)/b6-2+/t21-,25?,27+,28?,31+,34+/m1/s1. The average molecular weight is 643 g/mol. The molecule has 2 unspecified atom stereocenters. The van der Waals surface area contributed by atoms with Gasteiger partial charge in [-0.25, -0.2) is 18.4 Å². The number of aliphatic hydroxyl groups excluding tert-OH is 1. The summed E-state index contributed by atoms with van der Waals surface area (Å²) >= 11 is 6.37. The zero-order valence-corrected chi connectivity index (χ0v) is 26.8. The van der Waals surface area contributed by atoms with E-state index < -0.39 is 27.3 Å². The van der Waals surface area contributed by atoms with Crippen LogP contribution >= 0.6 is 11.6 Å². The van der Waals surface area contributed by atoms with Gasteiger partial charge in [-0.05, 0) is 123 Å². The molecule has 0 radical (unpaired) electrons. The van der Waals surface area contributed by atoms with Gasteiger partial charge in [-0.2, -0.15) is 0 Å². The Bertz CT molecular complexity index is 1540. The minimum absolute atomic E-state index is 0.0351. The number of rotatable bonds is 10. The van der Waals surface area contributed by atoms with Gasteiger partial charge in [0.2, 0.25) is 10.0 Å². The van der Waals surface area contributed by atoms with Crippen LogP contribution in [-0.4, -0.2) is 55.7 Å². The Labute approximate surface area is 265 Å². The van der Waals surface area contributed by atoms with Crippen LogP contribution in [0.3, 0.4) is 0 Å². The predicted octanol–water partition coefficient (Wildman–Crippen LogP) is 5.55. The number of nitrogens with two attached hydrogens (primary N) is 1. The first kappa shape index (κ1) is 31.4. The van der Waals surface area contributed by atoms with Gasteiger partial charge < -0.3 is 19.8 Å². The highest BCUT2D eigenvalue weighted by atomic mass is 35.5. The molecule has 8 nitrogen and oxygen atoms in total. The van der Waals surface area contributed by atoms with Gasteiger partial charge in [-0.1, -0.05) is 29.8 Å². The second-order valence-corrected chi connectivity index (χ2v) is 15.9. The molecular formula is C34H43ClN2O6S. The molecule has 0 saturated heterocycles. The van der Waals surface area contributed by atoms with Crippen molar-refractivity contribution in [2.75, 3.05) is 24.6 Å². The van der Waals surface area contributed by atoms with E-state index in [9.17, 15) is 23.4 Å². The fourth-order valence-corrected chi connectivity index (χ4v) is 8.87. The van der Waals surface area contributed by atoms with Gasteiger partial charge in [0.05, 0.1) is 29.2 Å². The number of nitrogens with zero attached hydrogens (tertiary/aromatic N) is 1. The lowest BCUT2D eigenvalue weighted by molar-refractivity contribution is 0.0455. The van der Waals surface area contributed by atoms with Crippen LogP contribution in [0.1, 0.15) is 73.4 Å². The van der Waals surface area contributed by atoms with Gasteiger partial charge in [-0.15, -0.1) is 0 Å². The first-order chi connectivity index (χ1) is 20.9. The molecule has 2 fully saturated rings. The molecule has 0 aromatic heterocycles. The number of carbonyl (C=O) groups is 1. The topological polar surface area (TPSA) is 130 Å². The van der Waals surface area contributed by atoms with Gasteiger partial charge >= 0.3 is 5.97 Å². The van der Waals surface area contributed by atoms with Crippen LogP contribution in [-0.2, 0) is 21.9 Å². The number of carboxylic acid groups (broad SMARTS) is 1. The third-order valence-electron chi connectivity index (χ3n) is 10.7. The SMILES string of the molecule is C[C@H]([C@H](C/C=C/[C@H](O)C1CCC1CN1C[C@@]2(CCCc3cc(Cl)ccc32)COc2ccc(C(=O)O)cc21)C1CC1)S(N)(=O)=O. The van der Waals surface area contributed by atoms with Crippen molar-refractivity contribution in [2.24, 2.45) is 28.8 Å². The first-order valence-electron chi connectivity index (χ1n) is 15.9. The number of anilines is 1. The number of carboxylic acids is 1. The Balaban J connectivity index is 1.22. The smallest absolute Gasteiger partial charge is 0.335 e. The lowest BCUT2D eigenvalue weighted by atomic mass is 9.68. The van der Waals surface area contributed by atoms with Gasteiger partial charge in [0.1, 0.15) is 5.75 Å². The number of benzene rings is 2. The molecule has 0 amide bonds. The number of ether oxygens (including phenoxy) is 1. The summed E-state index contributed by atoms with van der Waals surface area (Å²) in [6, 6.07) is 11.2. The summed E-state index contributed by atoms with van der Waals surface area (Å²) in [5.74, 6) is 0.307. The maximum atomic E-state index is 12.0. The average Bonchev–Trinajstić information content (AvgIpc) is 3.81. The van der Waals surface area contributed by atoms with E-state index in [0.29, 0.717) is 37.8 Å². The number of aromatic carboxylic acids is 1. The van der Waals surface area contributed by atoms with Gasteiger partial charge in [0.15, 0.2) is 0 Å². The number of hydrogen-bond acceptors (Lipinski definition) is 6. The number of hydrogen-bond donors (Lipinski definition) is 3. The van der Waals surface area contributed by atoms with E-state index in [1.54, 1.807) is 25.1 Å². The highest BCUT2D eigenvalue weighted by Gasteiger charge is 2.44. The summed E-state index contributed by atoms with van der Waals surface area (Å²) < 4.78 is 30.5. The zero-order chi connectivity index (χ0) is 31.2. The summed E-state index contributed by atoms with van der Waals surface area (Å²) in [5, 5.41) is 26.6. The molecule has 6 rings (SSSR count). The minimum Gasteiger partial charge on any atom is -0.490 e. The van der Waals surface area contributed by atoms with Crippen LogP contribution in [0.5, 0.6) is 5.75 Å². The summed E-state index contributed by atoms with van der Waals surface area (Å²) in [4.78, 5) is 14.2. The van der Waals surface area contributed by atoms with Crippen molar-refractivity contribution in [1.82, 2.24) is 0 Å². The van der Waals surface area contributed by atoms with Crippen molar-refractivity contribution in [3.05, 3.63) is 70.3 Å². The Morgan fingerprint density at radius 2 is 2.00 bits per heavy atom. The summed E-state index contributed by atoms with van der Waals surface area (Å²) in [5.41, 5.74) is 3.22. The Morgan fingerprint density at radius 1 is 1.20 bits per heavy atom. The van der Waals surface area contributed by atoms with Crippen LogP contribution in [0.2, 0.25) is 5.02 Å². The fourth-order valence-electron chi connectivity index (χ4n) is 7.85. The number of fused-ring (bicyclic) bond motifs is 3. The van der Waals surface area contributed by atoms with E-state index in [1.807, 2.05) is 18.2 Å². The number of aryl methyl sites for hydroxylation is 1. The van der Waals surface area contributed by atoms with E-state index in [0.717, 1.165) is 55.7 Å². The molecule has 4 N–H and O–H groups in total. The molecule has 238 valence electrons. The highest BCUT2D eigenvalue weighted by molar-refractivity contribution is 7.89. The lowest BCUT2D eigenvalue weighted by Crippen LogP contribution is -2.49. The van der Waals surface area contributed by atoms with E-state index in [1.165, 1.54) is 11.1 Å². The largest absolute Gasteiger partial charge is 0.490 e. The van der Waals surface area contributed by atoms with Crippen LogP contribution in [0.25, 0.3) is 0 Å². The zero-order valence-electron chi connectivity index (χ0n) is 25.2. The number of primary sulfonamides is 1. The predicted molar refractivity (Wildman–Crippen MR) is 172 cm³/mol. The fraction of sp³-hybridized carbons (Fsp3) is 0.559. The summed E-state index contributed by atoms with van der Waals surface area (Å²) in [6.07, 6.45) is 10.6. The number of aliphatic hydroxyl groups is 1. The molecule has 1 aliphatic heterocycles. The van der Waals surface area contributed by atoms with Crippen molar-refractivity contribution in [1.29, 1.82) is 0 Å². The van der Waals surface area contributed by atoms with E-state index in [4.69, 9.17) is 21.5 Å². The molecule has 1 heterocycles. The Kier molecular flexibility index (Phi) is 8.78. The van der Waals surface area contributed by atoms with Gasteiger partial charge in [-0.3, -0.25) is 0 Å². The second kappa shape index (κ2) is 12.3. The monoisotopic (exact) mass is 642 g/mol. The third-order valence-corrected chi connectivity index (χ3v) is 12.4. The third kappa shape index (κ3) is 6.39. The Hall–Kier alpha value is -2.59. The normalized spacial score (nSPS) is 27.0. The highest BCUT2D eigenvalue weighted by Crippen LogP contribution is 2.47.